The van der Waals surface area contributed by atoms with Gasteiger partial charge in [0.05, 0.1) is 24.6 Å². The summed E-state index contributed by atoms with van der Waals surface area (Å²) in [6.45, 7) is 5.21. The van der Waals surface area contributed by atoms with Crippen LogP contribution in [0.5, 0.6) is 0 Å². The van der Waals surface area contributed by atoms with Gasteiger partial charge >= 0.3 is 0 Å². The first-order chi connectivity index (χ1) is 14.7. The molecule has 3 aromatic rings. The number of para-hydroxylation sites is 1. The molecule has 0 saturated carbocycles. The van der Waals surface area contributed by atoms with Crippen LogP contribution in [0.4, 0.5) is 0 Å². The van der Waals surface area contributed by atoms with E-state index in [0.717, 1.165) is 42.1 Å². The smallest absolute Gasteiger partial charge is 0.233 e. The molecule has 1 fully saturated rings. The second-order valence-electron chi connectivity index (χ2n) is 7.46. The molecular weight excluding hydrogens is 398 g/mol. The molecule has 2 aromatic heterocycles. The number of aromatic nitrogens is 3. The van der Waals surface area contributed by atoms with Crippen LogP contribution in [0.2, 0.25) is 0 Å². The first kappa shape index (κ1) is 20.7. The van der Waals surface area contributed by atoms with Crippen molar-refractivity contribution >= 4 is 17.7 Å². The Bertz CT molecular complexity index is 936. The molecule has 1 aliphatic rings. The lowest BCUT2D eigenvalue weighted by molar-refractivity contribution is -0.120. The molecule has 158 valence electrons. The normalized spacial score (nSPS) is 15.8. The number of thioether (sulfide) groups is 1. The SMILES string of the molecule is C[C@@H](Sc1nnc(CN2CCCCC2)n1-c1ccccc1)C(=O)NCc1ccco1. The van der Waals surface area contributed by atoms with Gasteiger partial charge in [-0.15, -0.1) is 10.2 Å². The summed E-state index contributed by atoms with van der Waals surface area (Å²) in [7, 11) is 0. The van der Waals surface area contributed by atoms with Crippen LogP contribution in [0.1, 0.15) is 37.8 Å². The van der Waals surface area contributed by atoms with Crippen LogP contribution in [0.3, 0.4) is 0 Å². The molecule has 1 saturated heterocycles. The highest BCUT2D eigenvalue weighted by Gasteiger charge is 2.22. The van der Waals surface area contributed by atoms with Crippen LogP contribution < -0.4 is 5.32 Å². The molecule has 0 spiro atoms. The van der Waals surface area contributed by atoms with E-state index in [-0.39, 0.29) is 11.2 Å². The van der Waals surface area contributed by atoms with Crippen molar-refractivity contribution in [2.45, 2.75) is 49.7 Å². The Morgan fingerprint density at radius 1 is 1.13 bits per heavy atom. The van der Waals surface area contributed by atoms with Crippen molar-refractivity contribution in [2.24, 2.45) is 0 Å². The summed E-state index contributed by atoms with van der Waals surface area (Å²) < 4.78 is 7.36. The van der Waals surface area contributed by atoms with Gasteiger partial charge in [-0.05, 0) is 57.1 Å². The summed E-state index contributed by atoms with van der Waals surface area (Å²) in [6, 6.07) is 13.8. The summed E-state index contributed by atoms with van der Waals surface area (Å²) >= 11 is 1.42. The number of nitrogens with one attached hydrogen (secondary N) is 1. The molecule has 1 N–H and O–H groups in total. The quantitative estimate of drug-likeness (QED) is 0.555. The molecular formula is C22H27N5O2S. The molecule has 0 unspecified atom stereocenters. The topological polar surface area (TPSA) is 76.2 Å². The molecule has 1 aromatic carbocycles. The largest absolute Gasteiger partial charge is 0.467 e. The lowest BCUT2D eigenvalue weighted by atomic mass is 10.1. The Balaban J connectivity index is 1.49. The Hall–Kier alpha value is -2.58. The van der Waals surface area contributed by atoms with E-state index in [1.807, 2.05) is 37.3 Å². The summed E-state index contributed by atoms with van der Waals surface area (Å²) in [4.78, 5) is 15.0. The lowest BCUT2D eigenvalue weighted by Crippen LogP contribution is -2.31. The van der Waals surface area contributed by atoms with E-state index >= 15 is 0 Å². The minimum Gasteiger partial charge on any atom is -0.467 e. The number of amides is 1. The van der Waals surface area contributed by atoms with Crippen LogP contribution in [0, 0.1) is 0 Å². The van der Waals surface area contributed by atoms with Gasteiger partial charge in [-0.1, -0.05) is 36.4 Å². The lowest BCUT2D eigenvalue weighted by Gasteiger charge is -2.26. The van der Waals surface area contributed by atoms with Crippen LogP contribution in [0.25, 0.3) is 5.69 Å². The first-order valence-electron chi connectivity index (χ1n) is 10.4. The highest BCUT2D eigenvalue weighted by atomic mass is 32.2. The van der Waals surface area contributed by atoms with E-state index in [1.54, 1.807) is 6.26 Å². The average Bonchev–Trinajstić information content (AvgIpc) is 3.43. The van der Waals surface area contributed by atoms with Gasteiger partial charge in [-0.25, -0.2) is 0 Å². The molecule has 1 atom stereocenters. The zero-order valence-electron chi connectivity index (χ0n) is 17.2. The number of carbonyl (C=O) groups is 1. The number of nitrogens with zero attached hydrogens (tertiary/aromatic N) is 4. The maximum absolute atomic E-state index is 12.6. The van der Waals surface area contributed by atoms with Gasteiger partial charge in [0.2, 0.25) is 5.91 Å². The first-order valence-corrected chi connectivity index (χ1v) is 11.3. The molecule has 4 rings (SSSR count). The minimum atomic E-state index is -0.311. The van der Waals surface area contributed by atoms with E-state index < -0.39 is 0 Å². The summed E-state index contributed by atoms with van der Waals surface area (Å²) in [5.74, 6) is 1.59. The van der Waals surface area contributed by atoms with Gasteiger partial charge in [-0.3, -0.25) is 14.3 Å². The zero-order chi connectivity index (χ0) is 20.8. The van der Waals surface area contributed by atoms with Crippen molar-refractivity contribution in [3.63, 3.8) is 0 Å². The predicted molar refractivity (Wildman–Crippen MR) is 116 cm³/mol. The van der Waals surface area contributed by atoms with Crippen LogP contribution in [-0.4, -0.2) is 43.9 Å². The monoisotopic (exact) mass is 425 g/mol. The maximum Gasteiger partial charge on any atom is 0.233 e. The number of piperidine rings is 1. The Morgan fingerprint density at radius 2 is 1.93 bits per heavy atom. The molecule has 3 heterocycles. The number of hydrogen-bond acceptors (Lipinski definition) is 6. The Morgan fingerprint density at radius 3 is 2.67 bits per heavy atom. The highest BCUT2D eigenvalue weighted by molar-refractivity contribution is 8.00. The molecule has 1 amide bonds. The standard InChI is InChI=1S/C22H27N5O2S/c1-17(21(28)23-15-19-11-8-14-29-19)30-22-25-24-20(16-26-12-6-3-7-13-26)27(22)18-9-4-2-5-10-18/h2,4-5,8-11,14,17H,3,6-7,12-13,15-16H2,1H3,(H,23,28)/t17-/m1/s1. The Labute approximate surface area is 180 Å². The third-order valence-electron chi connectivity index (χ3n) is 5.20. The maximum atomic E-state index is 12.6. The fourth-order valence-corrected chi connectivity index (χ4v) is 4.49. The molecule has 7 nitrogen and oxygen atoms in total. The second kappa shape index (κ2) is 9.95. The highest BCUT2D eigenvalue weighted by Crippen LogP contribution is 2.27. The predicted octanol–water partition coefficient (Wildman–Crippen LogP) is 3.64. The summed E-state index contributed by atoms with van der Waals surface area (Å²) in [5.41, 5.74) is 1.01. The summed E-state index contributed by atoms with van der Waals surface area (Å²) in [5, 5.41) is 12.3. The van der Waals surface area contributed by atoms with Gasteiger partial charge in [-0.2, -0.15) is 0 Å². The molecule has 30 heavy (non-hydrogen) atoms. The van der Waals surface area contributed by atoms with Gasteiger partial charge in [0.25, 0.3) is 0 Å². The number of rotatable bonds is 8. The summed E-state index contributed by atoms with van der Waals surface area (Å²) in [6.07, 6.45) is 5.36. The van der Waals surface area contributed by atoms with E-state index in [1.165, 1.54) is 31.0 Å². The third-order valence-corrected chi connectivity index (χ3v) is 6.24. The number of likely N-dealkylation sites (tertiary alicyclic amines) is 1. The molecule has 0 bridgehead atoms. The van der Waals surface area contributed by atoms with E-state index in [4.69, 9.17) is 4.42 Å². The third kappa shape index (κ3) is 5.12. The van der Waals surface area contributed by atoms with Gasteiger partial charge in [0.15, 0.2) is 11.0 Å². The van der Waals surface area contributed by atoms with Crippen LogP contribution in [0.15, 0.2) is 58.3 Å². The molecule has 1 aliphatic heterocycles. The molecule has 0 aliphatic carbocycles. The van der Waals surface area contributed by atoms with Crippen molar-refractivity contribution in [1.82, 2.24) is 25.0 Å². The van der Waals surface area contributed by atoms with E-state index in [2.05, 4.69) is 37.1 Å². The van der Waals surface area contributed by atoms with Crippen molar-refractivity contribution in [2.75, 3.05) is 13.1 Å². The van der Waals surface area contributed by atoms with Crippen molar-refractivity contribution in [3.05, 3.63) is 60.3 Å². The van der Waals surface area contributed by atoms with Crippen molar-refractivity contribution < 1.29 is 9.21 Å². The molecule has 8 heteroatoms. The zero-order valence-corrected chi connectivity index (χ0v) is 18.0. The fourth-order valence-electron chi connectivity index (χ4n) is 3.58. The van der Waals surface area contributed by atoms with Crippen LogP contribution in [-0.2, 0) is 17.9 Å². The number of carbonyl (C=O) groups excluding carboxylic acids is 1. The van der Waals surface area contributed by atoms with Crippen molar-refractivity contribution in [1.29, 1.82) is 0 Å². The van der Waals surface area contributed by atoms with Crippen molar-refractivity contribution in [3.8, 4) is 5.69 Å². The number of hydrogen-bond donors (Lipinski definition) is 1. The van der Waals surface area contributed by atoms with E-state index in [0.29, 0.717) is 6.54 Å². The van der Waals surface area contributed by atoms with Crippen LogP contribution >= 0.6 is 11.8 Å². The molecule has 0 radical (unpaired) electrons. The number of furan rings is 1. The number of benzene rings is 1. The van der Waals surface area contributed by atoms with Gasteiger partial charge in [0.1, 0.15) is 5.76 Å². The minimum absolute atomic E-state index is 0.0587. The Kier molecular flexibility index (Phi) is 6.86. The van der Waals surface area contributed by atoms with E-state index in [9.17, 15) is 4.79 Å². The average molecular weight is 426 g/mol. The second-order valence-corrected chi connectivity index (χ2v) is 8.77. The fraction of sp³-hybridized carbons (Fsp3) is 0.409. The van der Waals surface area contributed by atoms with Gasteiger partial charge in [0, 0.05) is 5.69 Å². The van der Waals surface area contributed by atoms with Gasteiger partial charge < -0.3 is 9.73 Å².